The molecule has 2 N–H and O–H groups in total. The molecule has 0 fully saturated rings. The third kappa shape index (κ3) is 4.51. The van der Waals surface area contributed by atoms with Crippen molar-refractivity contribution in [3.63, 3.8) is 0 Å². The van der Waals surface area contributed by atoms with Crippen LogP contribution in [0.25, 0.3) is 11.1 Å². The quantitative estimate of drug-likeness (QED) is 0.658. The molecule has 0 aliphatic heterocycles. The molecular weight excluding hydrogens is 322 g/mol. The van der Waals surface area contributed by atoms with Crippen LogP contribution in [0, 0.1) is 0 Å². The number of hydrogen-bond acceptors (Lipinski definition) is 3. The summed E-state index contributed by atoms with van der Waals surface area (Å²) in [5, 5.41) is 13.9. The normalized spacial score (nSPS) is 13.2. The number of methoxy groups -OCH3 is 1. The highest BCUT2D eigenvalue weighted by molar-refractivity contribution is 5.63. The minimum Gasteiger partial charge on any atom is -0.497 e. The molecule has 2 atom stereocenters. The second kappa shape index (κ2) is 8.65. The smallest absolute Gasteiger partial charge is 0.118 e. The lowest BCUT2D eigenvalue weighted by atomic mass is 10.0. The van der Waals surface area contributed by atoms with E-state index in [4.69, 9.17) is 4.74 Å². The van der Waals surface area contributed by atoms with Gasteiger partial charge in [0.05, 0.1) is 13.2 Å². The van der Waals surface area contributed by atoms with Crippen LogP contribution < -0.4 is 10.1 Å². The lowest BCUT2D eigenvalue weighted by Gasteiger charge is -2.21. The van der Waals surface area contributed by atoms with Gasteiger partial charge in [0, 0.05) is 12.6 Å². The average molecular weight is 347 g/mol. The van der Waals surface area contributed by atoms with E-state index in [0.29, 0.717) is 6.54 Å². The molecule has 0 unspecified atom stereocenters. The second-order valence-corrected chi connectivity index (χ2v) is 6.45. The molecule has 0 aliphatic carbocycles. The Bertz CT molecular complexity index is 798. The Morgan fingerprint density at radius 3 is 2.08 bits per heavy atom. The zero-order chi connectivity index (χ0) is 18.4. The van der Waals surface area contributed by atoms with Crippen molar-refractivity contribution in [3.05, 3.63) is 90.0 Å². The Morgan fingerprint density at radius 1 is 0.846 bits per heavy atom. The van der Waals surface area contributed by atoms with Gasteiger partial charge in [-0.25, -0.2) is 0 Å². The number of aliphatic hydroxyl groups is 1. The summed E-state index contributed by atoms with van der Waals surface area (Å²) in [5.74, 6) is 0.792. The fourth-order valence-electron chi connectivity index (χ4n) is 2.93. The lowest BCUT2D eigenvalue weighted by molar-refractivity contribution is 0.135. The fraction of sp³-hybridized carbons (Fsp3) is 0.217. The summed E-state index contributed by atoms with van der Waals surface area (Å²) >= 11 is 0. The summed E-state index contributed by atoms with van der Waals surface area (Å²) in [6, 6.07) is 26.3. The zero-order valence-electron chi connectivity index (χ0n) is 15.2. The number of hydrogen-bond donors (Lipinski definition) is 2. The Morgan fingerprint density at radius 2 is 1.46 bits per heavy atom. The molecule has 3 aromatic carbocycles. The van der Waals surface area contributed by atoms with Gasteiger partial charge in [-0.1, -0.05) is 66.7 Å². The summed E-state index contributed by atoms with van der Waals surface area (Å²) in [6.45, 7) is 2.71. The molecule has 0 aromatic heterocycles. The summed E-state index contributed by atoms with van der Waals surface area (Å²) in [6.07, 6.45) is -0.565. The number of nitrogens with one attached hydrogen (secondary N) is 1. The van der Waals surface area contributed by atoms with E-state index in [2.05, 4.69) is 41.7 Å². The van der Waals surface area contributed by atoms with E-state index in [1.54, 1.807) is 7.11 Å². The molecule has 0 spiro atoms. The van der Waals surface area contributed by atoms with Crippen molar-refractivity contribution in [1.82, 2.24) is 5.32 Å². The molecule has 134 valence electrons. The monoisotopic (exact) mass is 347 g/mol. The first kappa shape index (κ1) is 18.2. The van der Waals surface area contributed by atoms with Gasteiger partial charge in [-0.05, 0) is 41.3 Å². The first-order valence-electron chi connectivity index (χ1n) is 8.87. The number of rotatable bonds is 7. The summed E-state index contributed by atoms with van der Waals surface area (Å²) in [5.41, 5.74) is 4.50. The SMILES string of the molecule is COc1ccc([C@H](O)[C@H](C)NCc2ccc(-c3ccccc3)cc2)cc1. The van der Waals surface area contributed by atoms with Crippen molar-refractivity contribution in [3.8, 4) is 16.9 Å². The van der Waals surface area contributed by atoms with Gasteiger partial charge in [-0.15, -0.1) is 0 Å². The Hall–Kier alpha value is -2.62. The largest absolute Gasteiger partial charge is 0.497 e. The van der Waals surface area contributed by atoms with Crippen LogP contribution in [0.15, 0.2) is 78.9 Å². The topological polar surface area (TPSA) is 41.5 Å². The van der Waals surface area contributed by atoms with Crippen LogP contribution >= 0.6 is 0 Å². The average Bonchev–Trinajstić information content (AvgIpc) is 2.72. The fourth-order valence-corrected chi connectivity index (χ4v) is 2.93. The van der Waals surface area contributed by atoms with Gasteiger partial charge in [0.1, 0.15) is 5.75 Å². The van der Waals surface area contributed by atoms with Crippen molar-refractivity contribution < 1.29 is 9.84 Å². The Labute approximate surface area is 155 Å². The van der Waals surface area contributed by atoms with Gasteiger partial charge < -0.3 is 15.2 Å². The lowest BCUT2D eigenvalue weighted by Crippen LogP contribution is -2.31. The zero-order valence-corrected chi connectivity index (χ0v) is 15.2. The first-order chi connectivity index (χ1) is 12.7. The van der Waals surface area contributed by atoms with Gasteiger partial charge in [-0.3, -0.25) is 0 Å². The van der Waals surface area contributed by atoms with Crippen LogP contribution in [0.5, 0.6) is 5.75 Å². The molecule has 0 radical (unpaired) electrons. The maximum absolute atomic E-state index is 10.5. The van der Waals surface area contributed by atoms with Crippen LogP contribution in [0.3, 0.4) is 0 Å². The molecule has 0 amide bonds. The molecular formula is C23H25NO2. The maximum atomic E-state index is 10.5. The minimum atomic E-state index is -0.565. The molecule has 26 heavy (non-hydrogen) atoms. The third-order valence-corrected chi connectivity index (χ3v) is 4.62. The molecule has 3 nitrogen and oxygen atoms in total. The molecule has 0 bridgehead atoms. The summed E-state index contributed by atoms with van der Waals surface area (Å²) in [4.78, 5) is 0. The van der Waals surface area contributed by atoms with Crippen LogP contribution in [0.2, 0.25) is 0 Å². The molecule has 0 saturated heterocycles. The highest BCUT2D eigenvalue weighted by Crippen LogP contribution is 2.21. The van der Waals surface area contributed by atoms with Crippen LogP contribution in [0.4, 0.5) is 0 Å². The highest BCUT2D eigenvalue weighted by Gasteiger charge is 2.15. The second-order valence-electron chi connectivity index (χ2n) is 6.45. The van der Waals surface area contributed by atoms with Crippen molar-refractivity contribution in [2.24, 2.45) is 0 Å². The van der Waals surface area contributed by atoms with Gasteiger partial charge in [0.25, 0.3) is 0 Å². The number of benzene rings is 3. The van der Waals surface area contributed by atoms with E-state index < -0.39 is 6.10 Å². The van der Waals surface area contributed by atoms with Gasteiger partial charge >= 0.3 is 0 Å². The predicted molar refractivity (Wildman–Crippen MR) is 106 cm³/mol. The van der Waals surface area contributed by atoms with Gasteiger partial charge in [0.2, 0.25) is 0 Å². The number of ether oxygens (including phenoxy) is 1. The Balaban J connectivity index is 1.57. The Kier molecular flexibility index (Phi) is 6.05. The van der Waals surface area contributed by atoms with Crippen LogP contribution in [-0.2, 0) is 6.54 Å². The van der Waals surface area contributed by atoms with Gasteiger partial charge in [-0.2, -0.15) is 0 Å². The first-order valence-corrected chi connectivity index (χ1v) is 8.87. The maximum Gasteiger partial charge on any atom is 0.118 e. The minimum absolute atomic E-state index is 0.0582. The molecule has 0 heterocycles. The van der Waals surface area contributed by atoms with E-state index in [-0.39, 0.29) is 6.04 Å². The van der Waals surface area contributed by atoms with E-state index >= 15 is 0 Å². The molecule has 3 heteroatoms. The van der Waals surface area contributed by atoms with Crippen molar-refractivity contribution in [2.75, 3.05) is 7.11 Å². The van der Waals surface area contributed by atoms with E-state index in [1.165, 1.54) is 16.7 Å². The van der Waals surface area contributed by atoms with Crippen LogP contribution in [0.1, 0.15) is 24.2 Å². The van der Waals surface area contributed by atoms with E-state index in [1.807, 2.05) is 49.4 Å². The molecule has 3 rings (SSSR count). The number of aliphatic hydroxyl groups excluding tert-OH is 1. The van der Waals surface area contributed by atoms with E-state index in [9.17, 15) is 5.11 Å². The summed E-state index contributed by atoms with van der Waals surface area (Å²) < 4.78 is 5.16. The van der Waals surface area contributed by atoms with E-state index in [0.717, 1.165) is 11.3 Å². The molecule has 3 aromatic rings. The third-order valence-electron chi connectivity index (χ3n) is 4.62. The predicted octanol–water partition coefficient (Wildman–Crippen LogP) is 4.57. The highest BCUT2D eigenvalue weighted by atomic mass is 16.5. The molecule has 0 saturated carbocycles. The van der Waals surface area contributed by atoms with Crippen molar-refractivity contribution in [2.45, 2.75) is 25.6 Å². The van der Waals surface area contributed by atoms with Crippen molar-refractivity contribution in [1.29, 1.82) is 0 Å². The van der Waals surface area contributed by atoms with Crippen LogP contribution in [-0.4, -0.2) is 18.3 Å². The molecule has 0 aliphatic rings. The van der Waals surface area contributed by atoms with Gasteiger partial charge in [0.15, 0.2) is 0 Å². The van der Waals surface area contributed by atoms with Crippen molar-refractivity contribution >= 4 is 0 Å². The standard InChI is InChI=1S/C23H25NO2/c1-17(23(25)21-12-14-22(26-2)15-13-21)24-16-18-8-10-20(11-9-18)19-6-4-3-5-7-19/h3-15,17,23-25H,16H2,1-2H3/t17-,23+/m0/s1. The summed E-state index contributed by atoms with van der Waals surface area (Å²) in [7, 11) is 1.64.